The van der Waals surface area contributed by atoms with E-state index < -0.39 is 4.92 Å². The molecule has 0 bridgehead atoms. The summed E-state index contributed by atoms with van der Waals surface area (Å²) >= 11 is 0. The molecule has 0 heterocycles. The molecule has 0 spiro atoms. The standard InChI is InChI=1S/C20H25N3O4/c1-13-9-10-19(27-5)18(11-13)14(2)21-20(24)22(4)15(3)16-7-6-8-17(12-16)23(25)26/h6-12,14-15H,1-5H3,(H,21,24)/t14-,15+/m1/s1. The predicted molar refractivity (Wildman–Crippen MR) is 104 cm³/mol. The van der Waals surface area contributed by atoms with Gasteiger partial charge in [0.25, 0.3) is 5.69 Å². The third-order valence-corrected chi connectivity index (χ3v) is 4.66. The summed E-state index contributed by atoms with van der Waals surface area (Å²) in [6, 6.07) is 11.3. The summed E-state index contributed by atoms with van der Waals surface area (Å²) in [5, 5.41) is 13.9. The third kappa shape index (κ3) is 4.75. The van der Waals surface area contributed by atoms with E-state index in [1.165, 1.54) is 17.0 Å². The highest BCUT2D eigenvalue weighted by Crippen LogP contribution is 2.27. The van der Waals surface area contributed by atoms with Crippen molar-refractivity contribution in [1.82, 2.24) is 10.2 Å². The number of ether oxygens (including phenoxy) is 1. The highest BCUT2D eigenvalue weighted by atomic mass is 16.6. The molecule has 7 heteroatoms. The van der Waals surface area contributed by atoms with Gasteiger partial charge in [0.2, 0.25) is 0 Å². The molecular formula is C20H25N3O4. The number of carbonyl (C=O) groups excluding carboxylic acids is 1. The number of methoxy groups -OCH3 is 1. The SMILES string of the molecule is COc1ccc(C)cc1[C@@H](C)NC(=O)N(C)[C@@H](C)c1cccc([N+](=O)[O-])c1. The fraction of sp³-hybridized carbons (Fsp3) is 0.350. The van der Waals surface area contributed by atoms with E-state index in [1.807, 2.05) is 39.0 Å². The fourth-order valence-corrected chi connectivity index (χ4v) is 2.85. The summed E-state index contributed by atoms with van der Waals surface area (Å²) in [7, 11) is 3.26. The second-order valence-corrected chi connectivity index (χ2v) is 6.56. The van der Waals surface area contributed by atoms with E-state index in [2.05, 4.69) is 5.32 Å². The van der Waals surface area contributed by atoms with Gasteiger partial charge in [-0.05, 0) is 32.4 Å². The van der Waals surface area contributed by atoms with Crippen LogP contribution in [0, 0.1) is 17.0 Å². The Bertz CT molecular complexity index is 838. The maximum absolute atomic E-state index is 12.7. The summed E-state index contributed by atoms with van der Waals surface area (Å²) in [6.07, 6.45) is 0. The zero-order chi connectivity index (χ0) is 20.1. The largest absolute Gasteiger partial charge is 0.496 e. The van der Waals surface area contributed by atoms with E-state index in [4.69, 9.17) is 4.74 Å². The summed E-state index contributed by atoms with van der Waals surface area (Å²) in [5.74, 6) is 0.711. The number of amides is 2. The molecule has 2 amide bonds. The number of aryl methyl sites for hydroxylation is 1. The summed E-state index contributed by atoms with van der Waals surface area (Å²) < 4.78 is 5.39. The van der Waals surface area contributed by atoms with Crippen LogP contribution in [0.4, 0.5) is 10.5 Å². The van der Waals surface area contributed by atoms with Gasteiger partial charge < -0.3 is 15.0 Å². The first-order valence-corrected chi connectivity index (χ1v) is 8.66. The molecule has 1 N–H and O–H groups in total. The first-order chi connectivity index (χ1) is 12.7. The van der Waals surface area contributed by atoms with Crippen molar-refractivity contribution in [1.29, 1.82) is 0 Å². The zero-order valence-corrected chi connectivity index (χ0v) is 16.2. The Balaban J connectivity index is 2.14. The Hall–Kier alpha value is -3.09. The Morgan fingerprint density at radius 2 is 1.93 bits per heavy atom. The lowest BCUT2D eigenvalue weighted by Crippen LogP contribution is -2.40. The molecule has 0 unspecified atom stereocenters. The van der Waals surface area contributed by atoms with Crippen molar-refractivity contribution in [3.05, 3.63) is 69.3 Å². The number of benzene rings is 2. The maximum atomic E-state index is 12.7. The van der Waals surface area contributed by atoms with Crippen LogP contribution < -0.4 is 10.1 Å². The average molecular weight is 371 g/mol. The zero-order valence-electron chi connectivity index (χ0n) is 16.2. The van der Waals surface area contributed by atoms with E-state index in [9.17, 15) is 14.9 Å². The molecule has 144 valence electrons. The minimum absolute atomic E-state index is 0.00558. The van der Waals surface area contributed by atoms with Gasteiger partial charge >= 0.3 is 6.03 Å². The van der Waals surface area contributed by atoms with Crippen LogP contribution >= 0.6 is 0 Å². The molecule has 27 heavy (non-hydrogen) atoms. The predicted octanol–water partition coefficient (Wildman–Crippen LogP) is 4.38. The van der Waals surface area contributed by atoms with Crippen LogP contribution in [0.15, 0.2) is 42.5 Å². The van der Waals surface area contributed by atoms with Crippen LogP contribution in [0.2, 0.25) is 0 Å². The van der Waals surface area contributed by atoms with Crippen molar-refractivity contribution in [2.24, 2.45) is 0 Å². The van der Waals surface area contributed by atoms with Gasteiger partial charge in [-0.3, -0.25) is 10.1 Å². The Kier molecular flexibility index (Phi) is 6.39. The molecule has 0 saturated heterocycles. The topological polar surface area (TPSA) is 84.7 Å². The van der Waals surface area contributed by atoms with Crippen molar-refractivity contribution in [3.63, 3.8) is 0 Å². The molecule has 2 rings (SSSR count). The van der Waals surface area contributed by atoms with Crippen molar-refractivity contribution < 1.29 is 14.5 Å². The fourth-order valence-electron chi connectivity index (χ4n) is 2.85. The molecule has 0 fully saturated rings. The van der Waals surface area contributed by atoms with Gasteiger partial charge in [-0.1, -0.05) is 29.8 Å². The van der Waals surface area contributed by atoms with E-state index >= 15 is 0 Å². The number of hydrogen-bond donors (Lipinski definition) is 1. The van der Waals surface area contributed by atoms with Crippen LogP contribution in [0.25, 0.3) is 0 Å². The molecular weight excluding hydrogens is 346 g/mol. The lowest BCUT2D eigenvalue weighted by Gasteiger charge is -2.28. The van der Waals surface area contributed by atoms with E-state index in [-0.39, 0.29) is 23.8 Å². The first-order valence-electron chi connectivity index (χ1n) is 8.66. The summed E-state index contributed by atoms with van der Waals surface area (Å²) in [6.45, 7) is 5.70. The second-order valence-electron chi connectivity index (χ2n) is 6.56. The van der Waals surface area contributed by atoms with E-state index in [0.29, 0.717) is 11.3 Å². The molecule has 0 radical (unpaired) electrons. The molecule has 0 aliphatic carbocycles. The number of hydrogen-bond acceptors (Lipinski definition) is 4. The Morgan fingerprint density at radius 1 is 1.22 bits per heavy atom. The quantitative estimate of drug-likeness (QED) is 0.603. The number of rotatable bonds is 6. The Morgan fingerprint density at radius 3 is 2.56 bits per heavy atom. The lowest BCUT2D eigenvalue weighted by atomic mass is 10.0. The molecule has 2 aromatic rings. The van der Waals surface area contributed by atoms with E-state index in [0.717, 1.165) is 11.1 Å². The number of nitrogens with zero attached hydrogens (tertiary/aromatic N) is 2. The van der Waals surface area contributed by atoms with Gasteiger partial charge in [-0.15, -0.1) is 0 Å². The van der Waals surface area contributed by atoms with Gasteiger partial charge in [0.1, 0.15) is 5.75 Å². The van der Waals surface area contributed by atoms with Gasteiger partial charge in [-0.2, -0.15) is 0 Å². The van der Waals surface area contributed by atoms with Crippen molar-refractivity contribution in [2.45, 2.75) is 32.9 Å². The van der Waals surface area contributed by atoms with E-state index in [1.54, 1.807) is 26.3 Å². The summed E-state index contributed by atoms with van der Waals surface area (Å²) in [4.78, 5) is 24.7. The number of non-ortho nitro benzene ring substituents is 1. The highest BCUT2D eigenvalue weighted by Gasteiger charge is 2.22. The van der Waals surface area contributed by atoms with Gasteiger partial charge in [-0.25, -0.2) is 4.79 Å². The smallest absolute Gasteiger partial charge is 0.318 e. The van der Waals surface area contributed by atoms with Crippen LogP contribution in [0.5, 0.6) is 5.75 Å². The van der Waals surface area contributed by atoms with Crippen molar-refractivity contribution in [3.8, 4) is 5.75 Å². The van der Waals surface area contributed by atoms with Crippen molar-refractivity contribution in [2.75, 3.05) is 14.2 Å². The lowest BCUT2D eigenvalue weighted by molar-refractivity contribution is -0.384. The minimum atomic E-state index is -0.442. The molecule has 2 atom stereocenters. The normalized spacial score (nSPS) is 12.8. The number of urea groups is 1. The number of nitro benzene ring substituents is 1. The van der Waals surface area contributed by atoms with Crippen LogP contribution in [0.1, 0.15) is 42.6 Å². The minimum Gasteiger partial charge on any atom is -0.496 e. The Labute approximate surface area is 159 Å². The van der Waals surface area contributed by atoms with Gasteiger partial charge in [0, 0.05) is 24.7 Å². The monoisotopic (exact) mass is 371 g/mol. The van der Waals surface area contributed by atoms with Gasteiger partial charge in [0.15, 0.2) is 0 Å². The summed E-state index contributed by atoms with van der Waals surface area (Å²) in [5.41, 5.74) is 2.67. The molecule has 0 saturated carbocycles. The van der Waals surface area contributed by atoms with Crippen LogP contribution in [-0.2, 0) is 0 Å². The highest BCUT2D eigenvalue weighted by molar-refractivity contribution is 5.75. The average Bonchev–Trinajstić information content (AvgIpc) is 2.66. The molecule has 0 aromatic heterocycles. The van der Waals surface area contributed by atoms with Gasteiger partial charge in [0.05, 0.1) is 24.1 Å². The van der Waals surface area contributed by atoms with Crippen LogP contribution in [0.3, 0.4) is 0 Å². The number of nitrogens with one attached hydrogen (secondary N) is 1. The van der Waals surface area contributed by atoms with Crippen molar-refractivity contribution >= 4 is 11.7 Å². The number of carbonyl (C=O) groups is 1. The first kappa shape index (κ1) is 20.2. The maximum Gasteiger partial charge on any atom is 0.318 e. The third-order valence-electron chi connectivity index (χ3n) is 4.66. The van der Waals surface area contributed by atoms with Crippen LogP contribution in [-0.4, -0.2) is 30.0 Å². The molecule has 0 aliphatic heterocycles. The molecule has 7 nitrogen and oxygen atoms in total. The molecule has 2 aromatic carbocycles. The number of nitro groups is 1. The second kappa shape index (κ2) is 8.53. The molecule has 0 aliphatic rings.